The summed E-state index contributed by atoms with van der Waals surface area (Å²) in [7, 11) is 0. The molecule has 2 heterocycles. The van der Waals surface area contributed by atoms with Crippen LogP contribution in [0, 0.1) is 6.92 Å². The molecule has 3 aromatic rings. The Bertz CT molecular complexity index is 1050. The first-order chi connectivity index (χ1) is 15.5. The smallest absolute Gasteiger partial charge is 0.343 e. The van der Waals surface area contributed by atoms with Crippen molar-refractivity contribution in [2.45, 2.75) is 39.2 Å². The van der Waals surface area contributed by atoms with Gasteiger partial charge >= 0.3 is 6.03 Å². The second-order valence-electron chi connectivity index (χ2n) is 8.21. The number of hydrogen-bond acceptors (Lipinski definition) is 5. The van der Waals surface area contributed by atoms with Gasteiger partial charge in [-0.05, 0) is 32.3 Å². The van der Waals surface area contributed by atoms with Crippen molar-refractivity contribution >= 4 is 6.03 Å². The van der Waals surface area contributed by atoms with Crippen LogP contribution in [-0.2, 0) is 6.61 Å². The number of nitrogens with zero attached hydrogens (tertiary/aromatic N) is 3. The molecular formula is C25H29N3O4. The van der Waals surface area contributed by atoms with E-state index in [1.54, 1.807) is 11.8 Å². The second-order valence-corrected chi connectivity index (χ2v) is 8.21. The minimum Gasteiger partial charge on any atom is -0.440 e. The monoisotopic (exact) mass is 435 g/mol. The van der Waals surface area contributed by atoms with Crippen LogP contribution in [0.2, 0.25) is 0 Å². The number of rotatable bonds is 5. The lowest BCUT2D eigenvalue weighted by Crippen LogP contribution is -2.45. The molecule has 32 heavy (non-hydrogen) atoms. The fraction of sp³-hybridized carbons (Fsp3) is 0.360. The molecule has 1 saturated heterocycles. The first-order valence-electron chi connectivity index (χ1n) is 11.0. The standard InChI is InChI=1S/C25H29N3O4/c1-3-28(31)25(30)27-14-12-21(13-15-27)24-26-22(19-8-4-17(2)5-9-19)23(32-24)20-10-6-18(16-29)7-11-20/h4-11,21,29,31H,3,12-16H2,1-2H3. The maximum absolute atomic E-state index is 12.2. The second kappa shape index (κ2) is 9.54. The van der Waals surface area contributed by atoms with Crippen LogP contribution in [-0.4, -0.2) is 50.9 Å². The van der Waals surface area contributed by atoms with Gasteiger partial charge < -0.3 is 14.4 Å². The average Bonchev–Trinajstić information content (AvgIpc) is 3.29. The van der Waals surface area contributed by atoms with Crippen molar-refractivity contribution in [2.75, 3.05) is 19.6 Å². The van der Waals surface area contributed by atoms with Crippen molar-refractivity contribution < 1.29 is 19.5 Å². The largest absolute Gasteiger partial charge is 0.440 e. The topological polar surface area (TPSA) is 90.0 Å². The van der Waals surface area contributed by atoms with Gasteiger partial charge in [-0.25, -0.2) is 14.8 Å². The number of piperidine rings is 1. The molecule has 0 aliphatic carbocycles. The predicted octanol–water partition coefficient (Wildman–Crippen LogP) is 4.82. The minimum absolute atomic E-state index is 0.00660. The summed E-state index contributed by atoms with van der Waals surface area (Å²) < 4.78 is 6.33. The number of aromatic nitrogens is 1. The number of hydrogen-bond donors (Lipinski definition) is 2. The molecule has 168 valence electrons. The molecule has 0 bridgehead atoms. The minimum atomic E-state index is -0.358. The van der Waals surface area contributed by atoms with Crippen LogP contribution in [0.5, 0.6) is 0 Å². The number of oxazole rings is 1. The van der Waals surface area contributed by atoms with Gasteiger partial charge in [0.05, 0.1) is 6.61 Å². The molecule has 0 spiro atoms. The van der Waals surface area contributed by atoms with Crippen molar-refractivity contribution in [3.05, 3.63) is 65.5 Å². The Labute approximate surface area is 187 Å². The summed E-state index contributed by atoms with van der Waals surface area (Å²) in [5.74, 6) is 1.48. The zero-order chi connectivity index (χ0) is 22.7. The summed E-state index contributed by atoms with van der Waals surface area (Å²) in [5, 5.41) is 19.8. The van der Waals surface area contributed by atoms with Crippen molar-refractivity contribution in [2.24, 2.45) is 0 Å². The number of carbonyl (C=O) groups is 1. The Hall–Kier alpha value is -3.16. The molecule has 1 fully saturated rings. The molecule has 1 aliphatic heterocycles. The number of urea groups is 1. The quantitative estimate of drug-likeness (QED) is 0.443. The number of benzene rings is 2. The third-order valence-corrected chi connectivity index (χ3v) is 6.00. The molecular weight excluding hydrogens is 406 g/mol. The molecule has 0 saturated carbocycles. The number of aliphatic hydroxyl groups excluding tert-OH is 1. The number of amides is 2. The predicted molar refractivity (Wildman–Crippen MR) is 121 cm³/mol. The van der Waals surface area contributed by atoms with Gasteiger partial charge in [0.25, 0.3) is 0 Å². The van der Waals surface area contributed by atoms with Crippen LogP contribution in [0.3, 0.4) is 0 Å². The van der Waals surface area contributed by atoms with Crippen molar-refractivity contribution in [1.29, 1.82) is 0 Å². The van der Waals surface area contributed by atoms with E-state index in [4.69, 9.17) is 9.40 Å². The van der Waals surface area contributed by atoms with Gasteiger partial charge in [-0.1, -0.05) is 54.1 Å². The van der Waals surface area contributed by atoms with Crippen LogP contribution >= 0.6 is 0 Å². The lowest BCUT2D eigenvalue weighted by Gasteiger charge is -2.32. The Balaban J connectivity index is 1.62. The summed E-state index contributed by atoms with van der Waals surface area (Å²) in [4.78, 5) is 18.8. The summed E-state index contributed by atoms with van der Waals surface area (Å²) in [6.45, 7) is 5.13. The van der Waals surface area contributed by atoms with Gasteiger partial charge in [0.15, 0.2) is 11.7 Å². The molecule has 0 atom stereocenters. The maximum Gasteiger partial charge on any atom is 0.343 e. The van der Waals surface area contributed by atoms with E-state index in [1.165, 1.54) is 5.56 Å². The van der Waals surface area contributed by atoms with Gasteiger partial charge in [-0.3, -0.25) is 5.21 Å². The van der Waals surface area contributed by atoms with Crippen molar-refractivity contribution in [3.8, 4) is 22.6 Å². The fourth-order valence-electron chi connectivity index (χ4n) is 3.99. The summed E-state index contributed by atoms with van der Waals surface area (Å²) in [6, 6.07) is 15.5. The molecule has 0 radical (unpaired) electrons. The zero-order valence-corrected chi connectivity index (χ0v) is 18.5. The number of carbonyl (C=O) groups excluding carboxylic acids is 1. The van der Waals surface area contributed by atoms with E-state index in [2.05, 4.69) is 12.1 Å². The van der Waals surface area contributed by atoms with Gasteiger partial charge in [-0.15, -0.1) is 0 Å². The van der Waals surface area contributed by atoms with E-state index in [0.717, 1.165) is 40.3 Å². The Morgan fingerprint density at radius 2 is 1.72 bits per heavy atom. The van der Waals surface area contributed by atoms with E-state index in [1.807, 2.05) is 43.3 Å². The van der Waals surface area contributed by atoms with Gasteiger partial charge in [0, 0.05) is 36.7 Å². The molecule has 2 aromatic carbocycles. The third kappa shape index (κ3) is 4.54. The van der Waals surface area contributed by atoms with E-state index < -0.39 is 0 Å². The van der Waals surface area contributed by atoms with E-state index >= 15 is 0 Å². The van der Waals surface area contributed by atoms with E-state index in [0.29, 0.717) is 24.7 Å². The molecule has 7 nitrogen and oxygen atoms in total. The number of aryl methyl sites for hydroxylation is 1. The average molecular weight is 436 g/mol. The van der Waals surface area contributed by atoms with Crippen LogP contribution < -0.4 is 0 Å². The SMILES string of the molecule is CCN(O)C(=O)N1CCC(c2nc(-c3ccc(C)cc3)c(-c3ccc(CO)cc3)o2)CC1. The lowest BCUT2D eigenvalue weighted by atomic mass is 9.97. The fourth-order valence-corrected chi connectivity index (χ4v) is 3.99. The van der Waals surface area contributed by atoms with Gasteiger partial charge in [0.2, 0.25) is 0 Å². The molecule has 0 unspecified atom stereocenters. The summed E-state index contributed by atoms with van der Waals surface area (Å²) >= 11 is 0. The number of aliphatic hydroxyl groups is 1. The first-order valence-corrected chi connectivity index (χ1v) is 11.0. The van der Waals surface area contributed by atoms with Gasteiger partial charge in [0.1, 0.15) is 5.69 Å². The summed E-state index contributed by atoms with van der Waals surface area (Å²) in [6.07, 6.45) is 1.44. The highest BCUT2D eigenvalue weighted by Crippen LogP contribution is 2.37. The highest BCUT2D eigenvalue weighted by molar-refractivity contribution is 5.77. The molecule has 2 amide bonds. The molecule has 4 rings (SSSR count). The third-order valence-electron chi connectivity index (χ3n) is 6.00. The zero-order valence-electron chi connectivity index (χ0n) is 18.5. The Morgan fingerprint density at radius 3 is 2.31 bits per heavy atom. The van der Waals surface area contributed by atoms with Crippen LogP contribution in [0.25, 0.3) is 22.6 Å². The Morgan fingerprint density at radius 1 is 1.09 bits per heavy atom. The maximum atomic E-state index is 12.2. The molecule has 7 heteroatoms. The van der Waals surface area contributed by atoms with Crippen LogP contribution in [0.4, 0.5) is 4.79 Å². The highest BCUT2D eigenvalue weighted by Gasteiger charge is 2.30. The van der Waals surface area contributed by atoms with Gasteiger partial charge in [-0.2, -0.15) is 0 Å². The van der Waals surface area contributed by atoms with E-state index in [-0.39, 0.29) is 25.1 Å². The van der Waals surface area contributed by atoms with Crippen LogP contribution in [0.1, 0.15) is 42.7 Å². The molecule has 1 aromatic heterocycles. The first kappa shape index (κ1) is 22.0. The van der Waals surface area contributed by atoms with Crippen molar-refractivity contribution in [1.82, 2.24) is 14.9 Å². The Kier molecular flexibility index (Phi) is 6.58. The number of likely N-dealkylation sites (tertiary alicyclic amines) is 1. The summed E-state index contributed by atoms with van der Waals surface area (Å²) in [5.41, 5.74) is 4.70. The lowest BCUT2D eigenvalue weighted by molar-refractivity contribution is -0.0543. The highest BCUT2D eigenvalue weighted by atomic mass is 16.5. The number of hydroxylamine groups is 2. The van der Waals surface area contributed by atoms with Crippen molar-refractivity contribution in [3.63, 3.8) is 0 Å². The molecule has 1 aliphatic rings. The van der Waals surface area contributed by atoms with E-state index in [9.17, 15) is 15.1 Å². The van der Waals surface area contributed by atoms with Crippen LogP contribution in [0.15, 0.2) is 52.9 Å². The molecule has 2 N–H and O–H groups in total. The normalized spacial score (nSPS) is 14.6.